The van der Waals surface area contributed by atoms with Gasteiger partial charge in [-0.05, 0) is 75.2 Å². The molecule has 0 amide bonds. The van der Waals surface area contributed by atoms with E-state index < -0.39 is 24.1 Å². The standard InChI is InChI=1S/C34H29ClF2N4O3S/c1-17-12-25-30(28(18-6-9-21(35)10-7-18)27(17)29(33(42)43)44-34(2,3)4)45-32(40-25)22-14-24(38-16-23(22)31(36)37)19-8-11-26-20(13-19)15-39-41(26)5/h6-16,29,31H,1-5H3,(H,42,43)/t29-/m0/s1. The minimum Gasteiger partial charge on any atom is -0.479 e. The van der Waals surface area contributed by atoms with Crippen LogP contribution in [-0.2, 0) is 16.6 Å². The van der Waals surface area contributed by atoms with Crippen LogP contribution in [0.2, 0.25) is 5.02 Å². The Labute approximate surface area is 267 Å². The van der Waals surface area contributed by atoms with E-state index >= 15 is 0 Å². The lowest BCUT2D eigenvalue weighted by atomic mass is 9.91. The van der Waals surface area contributed by atoms with Crippen LogP contribution in [0, 0.1) is 6.92 Å². The number of benzene rings is 3. The molecule has 0 fully saturated rings. The van der Waals surface area contributed by atoms with Crippen molar-refractivity contribution in [2.45, 2.75) is 45.8 Å². The highest BCUT2D eigenvalue weighted by Gasteiger charge is 2.32. The molecule has 0 bridgehead atoms. The molecule has 0 unspecified atom stereocenters. The molecule has 11 heteroatoms. The SMILES string of the molecule is Cc1cc2nc(-c3cc(-c4ccc5c(cnn5C)c4)ncc3C(F)F)sc2c(-c2ccc(Cl)cc2)c1[C@H](OC(C)(C)C)C(=O)O. The van der Waals surface area contributed by atoms with Crippen LogP contribution in [0.25, 0.3) is 54.1 Å². The maximum Gasteiger partial charge on any atom is 0.337 e. The lowest BCUT2D eigenvalue weighted by molar-refractivity contribution is -0.160. The molecule has 6 rings (SSSR count). The summed E-state index contributed by atoms with van der Waals surface area (Å²) in [5.41, 5.74) is 4.43. The van der Waals surface area contributed by atoms with Gasteiger partial charge in [-0.25, -0.2) is 18.6 Å². The molecule has 3 aromatic heterocycles. The van der Waals surface area contributed by atoms with Crippen molar-refractivity contribution in [2.75, 3.05) is 0 Å². The zero-order valence-corrected chi connectivity index (χ0v) is 26.7. The van der Waals surface area contributed by atoms with Crippen molar-refractivity contribution in [3.63, 3.8) is 0 Å². The van der Waals surface area contributed by atoms with Gasteiger partial charge < -0.3 is 9.84 Å². The Morgan fingerprint density at radius 3 is 2.42 bits per heavy atom. The predicted molar refractivity (Wildman–Crippen MR) is 174 cm³/mol. The Morgan fingerprint density at radius 1 is 1.04 bits per heavy atom. The zero-order valence-electron chi connectivity index (χ0n) is 25.1. The fourth-order valence-corrected chi connectivity index (χ4v) is 6.75. The number of rotatable bonds is 7. The van der Waals surface area contributed by atoms with E-state index in [1.165, 1.54) is 17.5 Å². The number of fused-ring (bicyclic) bond motifs is 2. The maximum atomic E-state index is 14.4. The number of aromatic nitrogens is 4. The van der Waals surface area contributed by atoms with E-state index in [9.17, 15) is 18.7 Å². The summed E-state index contributed by atoms with van der Waals surface area (Å²) < 4.78 is 37.3. The van der Waals surface area contributed by atoms with Crippen molar-refractivity contribution in [3.8, 4) is 33.0 Å². The minimum atomic E-state index is -2.79. The van der Waals surface area contributed by atoms with Crippen LogP contribution in [0.1, 0.15) is 50.0 Å². The van der Waals surface area contributed by atoms with Gasteiger partial charge in [0, 0.05) is 51.5 Å². The van der Waals surface area contributed by atoms with Gasteiger partial charge in [-0.2, -0.15) is 5.10 Å². The van der Waals surface area contributed by atoms with Gasteiger partial charge in [0.25, 0.3) is 6.43 Å². The summed E-state index contributed by atoms with van der Waals surface area (Å²) in [4.78, 5) is 21.9. The number of nitrogens with zero attached hydrogens (tertiary/aromatic N) is 4. The third-order valence-corrected chi connectivity index (χ3v) is 8.83. The first-order valence-corrected chi connectivity index (χ1v) is 15.3. The number of thiazole rings is 1. The molecule has 0 spiro atoms. The van der Waals surface area contributed by atoms with Crippen LogP contribution in [-0.4, -0.2) is 36.4 Å². The Kier molecular flexibility index (Phi) is 7.93. The summed E-state index contributed by atoms with van der Waals surface area (Å²) >= 11 is 7.43. The smallest absolute Gasteiger partial charge is 0.337 e. The number of hydrogen-bond acceptors (Lipinski definition) is 6. The van der Waals surface area contributed by atoms with Crippen LogP contribution in [0.4, 0.5) is 8.78 Å². The van der Waals surface area contributed by atoms with Gasteiger partial charge >= 0.3 is 5.97 Å². The molecule has 0 radical (unpaired) electrons. The normalized spacial score (nSPS) is 12.8. The Hall–Kier alpha value is -4.25. The number of carboxylic acid groups (broad SMARTS) is 1. The second kappa shape index (κ2) is 11.6. The molecule has 0 aliphatic carbocycles. The van der Waals surface area contributed by atoms with Crippen LogP contribution in [0.3, 0.4) is 0 Å². The molecule has 7 nitrogen and oxygen atoms in total. The highest BCUT2D eigenvalue weighted by atomic mass is 35.5. The Balaban J connectivity index is 1.59. The molecule has 230 valence electrons. The number of ether oxygens (including phenoxy) is 1. The van der Waals surface area contributed by atoms with E-state index in [1.807, 2.05) is 25.2 Å². The highest BCUT2D eigenvalue weighted by Crippen LogP contribution is 2.46. The number of hydrogen-bond donors (Lipinski definition) is 1. The van der Waals surface area contributed by atoms with Crippen molar-refractivity contribution in [1.82, 2.24) is 19.7 Å². The van der Waals surface area contributed by atoms with Gasteiger partial charge in [-0.3, -0.25) is 9.67 Å². The molecule has 1 N–H and O–H groups in total. The number of carbonyl (C=O) groups is 1. The number of carboxylic acids is 1. The second-order valence-corrected chi connectivity index (χ2v) is 13.2. The molecule has 3 heterocycles. The summed E-state index contributed by atoms with van der Waals surface area (Å²) in [6.07, 6.45) is -1.15. The Bertz CT molecular complexity index is 2080. The highest BCUT2D eigenvalue weighted by molar-refractivity contribution is 7.22. The number of alkyl halides is 2. The zero-order chi connectivity index (χ0) is 32.2. The van der Waals surface area contributed by atoms with Crippen molar-refractivity contribution in [1.29, 1.82) is 0 Å². The molecule has 0 aliphatic heterocycles. The summed E-state index contributed by atoms with van der Waals surface area (Å²) in [5, 5.41) is 16.4. The molecule has 0 saturated carbocycles. The summed E-state index contributed by atoms with van der Waals surface area (Å²) in [5.74, 6) is -1.14. The molecule has 6 aromatic rings. The summed E-state index contributed by atoms with van der Waals surface area (Å²) in [6, 6.07) is 16.2. The van der Waals surface area contributed by atoms with E-state index in [1.54, 1.807) is 75.0 Å². The lowest BCUT2D eigenvalue weighted by Gasteiger charge is -2.28. The molecule has 1 atom stereocenters. The molecular formula is C34H29ClF2N4O3S. The Morgan fingerprint density at radius 2 is 1.76 bits per heavy atom. The topological polar surface area (TPSA) is 90.1 Å². The predicted octanol–water partition coefficient (Wildman–Crippen LogP) is 9.42. The van der Waals surface area contributed by atoms with Crippen molar-refractivity contribution < 1.29 is 23.4 Å². The maximum absolute atomic E-state index is 14.4. The van der Waals surface area contributed by atoms with Crippen molar-refractivity contribution in [3.05, 3.63) is 88.7 Å². The van der Waals surface area contributed by atoms with Crippen LogP contribution in [0.15, 0.2) is 67.0 Å². The van der Waals surface area contributed by atoms with E-state index in [0.29, 0.717) is 48.2 Å². The minimum absolute atomic E-state index is 0.246. The number of pyridine rings is 1. The number of aliphatic carboxylic acids is 1. The lowest BCUT2D eigenvalue weighted by Crippen LogP contribution is -2.28. The average Bonchev–Trinajstić information content (AvgIpc) is 3.58. The summed E-state index contributed by atoms with van der Waals surface area (Å²) in [6.45, 7) is 7.19. The third kappa shape index (κ3) is 5.93. The van der Waals surface area contributed by atoms with Crippen LogP contribution < -0.4 is 0 Å². The van der Waals surface area contributed by atoms with Crippen molar-refractivity contribution >= 4 is 50.0 Å². The van der Waals surface area contributed by atoms with E-state index in [4.69, 9.17) is 21.3 Å². The molecular weight excluding hydrogens is 618 g/mol. The fourth-order valence-electron chi connectivity index (χ4n) is 5.46. The van der Waals surface area contributed by atoms with Gasteiger partial charge in [0.05, 0.1) is 33.2 Å². The second-order valence-electron chi connectivity index (χ2n) is 11.8. The largest absolute Gasteiger partial charge is 0.479 e. The van der Waals surface area contributed by atoms with Gasteiger partial charge in [-0.1, -0.05) is 29.8 Å². The van der Waals surface area contributed by atoms with Crippen molar-refractivity contribution in [2.24, 2.45) is 7.05 Å². The van der Waals surface area contributed by atoms with Crippen LogP contribution >= 0.6 is 22.9 Å². The molecule has 3 aromatic carbocycles. The quantitative estimate of drug-likeness (QED) is 0.186. The van der Waals surface area contributed by atoms with E-state index in [2.05, 4.69) is 10.1 Å². The van der Waals surface area contributed by atoms with Gasteiger partial charge in [0.2, 0.25) is 0 Å². The third-order valence-electron chi connectivity index (χ3n) is 7.46. The van der Waals surface area contributed by atoms with Gasteiger partial charge in [-0.15, -0.1) is 11.3 Å². The number of halogens is 3. The first-order chi connectivity index (χ1) is 21.3. The first kappa shape index (κ1) is 30.8. The summed E-state index contributed by atoms with van der Waals surface area (Å²) in [7, 11) is 1.85. The molecule has 0 saturated heterocycles. The van der Waals surface area contributed by atoms with Gasteiger partial charge in [0.1, 0.15) is 5.01 Å². The number of aryl methyl sites for hydroxylation is 2. The van der Waals surface area contributed by atoms with Crippen LogP contribution in [0.5, 0.6) is 0 Å². The fraction of sp³-hybridized carbons (Fsp3) is 0.235. The molecule has 45 heavy (non-hydrogen) atoms. The monoisotopic (exact) mass is 646 g/mol. The molecule has 0 aliphatic rings. The average molecular weight is 647 g/mol. The van der Waals surface area contributed by atoms with Gasteiger partial charge in [0.15, 0.2) is 6.10 Å². The van der Waals surface area contributed by atoms with E-state index in [-0.39, 0.29) is 11.1 Å². The van der Waals surface area contributed by atoms with E-state index in [0.717, 1.165) is 16.5 Å². The first-order valence-electron chi connectivity index (χ1n) is 14.1.